The number of likely N-dealkylation sites (tertiary alicyclic amines) is 1. The summed E-state index contributed by atoms with van der Waals surface area (Å²) in [6.07, 6.45) is 4.70. The minimum atomic E-state index is 0.117. The average molecular weight is 449 g/mol. The van der Waals surface area contributed by atoms with Crippen molar-refractivity contribution in [1.29, 1.82) is 0 Å². The molecule has 4 heterocycles. The van der Waals surface area contributed by atoms with Crippen LogP contribution in [0.3, 0.4) is 0 Å². The van der Waals surface area contributed by atoms with Gasteiger partial charge in [0, 0.05) is 61.3 Å². The summed E-state index contributed by atoms with van der Waals surface area (Å²) < 4.78 is 13.1. The van der Waals surface area contributed by atoms with E-state index in [0.717, 1.165) is 81.4 Å². The van der Waals surface area contributed by atoms with Crippen LogP contribution in [0, 0.1) is 19.8 Å². The van der Waals surface area contributed by atoms with Crippen LogP contribution in [-0.2, 0) is 11.2 Å². The summed E-state index contributed by atoms with van der Waals surface area (Å²) in [6, 6.07) is 12.2. The Kier molecular flexibility index (Phi) is 6.31. The smallest absolute Gasteiger partial charge is 0.253 e. The molecule has 2 aliphatic rings. The second kappa shape index (κ2) is 9.51. The zero-order valence-electron chi connectivity index (χ0n) is 19.5. The summed E-state index contributed by atoms with van der Waals surface area (Å²) in [5, 5.41) is 4.19. The van der Waals surface area contributed by atoms with E-state index in [1.165, 1.54) is 11.4 Å². The highest BCUT2D eigenvalue weighted by molar-refractivity contribution is 5.94. The average Bonchev–Trinajstić information content (AvgIpc) is 3.58. The number of aryl methyl sites for hydroxylation is 3. The summed E-state index contributed by atoms with van der Waals surface area (Å²) in [5.41, 5.74) is 4.22. The fraction of sp³-hybridized carbons (Fsp3) is 0.500. The molecule has 1 amide bonds. The third kappa shape index (κ3) is 4.74. The molecule has 174 valence electrons. The first-order valence-electron chi connectivity index (χ1n) is 12.0. The molecule has 2 aliphatic heterocycles. The van der Waals surface area contributed by atoms with Gasteiger partial charge >= 0.3 is 0 Å². The van der Waals surface area contributed by atoms with E-state index in [9.17, 15) is 4.79 Å². The summed E-state index contributed by atoms with van der Waals surface area (Å²) in [5.74, 6) is 2.46. The zero-order valence-corrected chi connectivity index (χ0v) is 19.5. The van der Waals surface area contributed by atoms with Crippen molar-refractivity contribution in [3.05, 3.63) is 65.1 Å². The Hall–Kier alpha value is -2.93. The highest BCUT2D eigenvalue weighted by atomic mass is 16.5. The Morgan fingerprint density at radius 2 is 1.76 bits per heavy atom. The lowest BCUT2D eigenvalue weighted by molar-refractivity contribution is 0.0778. The van der Waals surface area contributed by atoms with Crippen molar-refractivity contribution >= 4 is 5.91 Å². The first-order valence-corrected chi connectivity index (χ1v) is 12.0. The van der Waals surface area contributed by atoms with Crippen LogP contribution < -0.4 is 0 Å². The number of hydrogen-bond acceptors (Lipinski definition) is 5. The van der Waals surface area contributed by atoms with Gasteiger partial charge < -0.3 is 18.7 Å². The standard InChI is InChI=1S/C26H32N4O3/c1-18-3-4-19(2)30(18)23-8-6-22(7-9-23)26(31)29-14-11-20(17-29)5-10-24-27-25(33-28-24)21-12-15-32-16-13-21/h3-4,6-9,20-21H,5,10-17H2,1-2H3. The second-order valence-electron chi connectivity index (χ2n) is 9.38. The van der Waals surface area contributed by atoms with Gasteiger partial charge in [-0.25, -0.2) is 0 Å². The number of aromatic nitrogens is 3. The van der Waals surface area contributed by atoms with Crippen molar-refractivity contribution in [2.45, 2.75) is 51.9 Å². The number of nitrogens with zero attached hydrogens (tertiary/aromatic N) is 4. The third-order valence-corrected chi connectivity index (χ3v) is 7.05. The summed E-state index contributed by atoms with van der Waals surface area (Å²) in [7, 11) is 0. The molecular weight excluding hydrogens is 416 g/mol. The van der Waals surface area contributed by atoms with E-state index >= 15 is 0 Å². The maximum atomic E-state index is 13.0. The molecule has 0 radical (unpaired) electrons. The number of benzene rings is 1. The lowest BCUT2D eigenvalue weighted by atomic mass is 10.0. The SMILES string of the molecule is Cc1ccc(C)n1-c1ccc(C(=O)N2CCC(CCc3noc(C4CCOCC4)n3)C2)cc1. The van der Waals surface area contributed by atoms with Crippen LogP contribution in [0.15, 0.2) is 40.9 Å². The van der Waals surface area contributed by atoms with Crippen LogP contribution in [0.5, 0.6) is 0 Å². The van der Waals surface area contributed by atoms with Crippen molar-refractivity contribution in [2.75, 3.05) is 26.3 Å². The molecule has 1 unspecified atom stereocenters. The first-order chi connectivity index (χ1) is 16.1. The highest BCUT2D eigenvalue weighted by Gasteiger charge is 2.28. The predicted molar refractivity (Wildman–Crippen MR) is 125 cm³/mol. The van der Waals surface area contributed by atoms with Crippen LogP contribution >= 0.6 is 0 Å². The van der Waals surface area contributed by atoms with E-state index in [0.29, 0.717) is 11.8 Å². The molecule has 0 aliphatic carbocycles. The number of rotatable bonds is 6. The number of carbonyl (C=O) groups excluding carboxylic acids is 1. The minimum absolute atomic E-state index is 0.117. The molecule has 7 nitrogen and oxygen atoms in total. The first kappa shape index (κ1) is 21.9. The quantitative estimate of drug-likeness (QED) is 0.556. The molecular formula is C26H32N4O3. The van der Waals surface area contributed by atoms with Crippen LogP contribution in [0.25, 0.3) is 5.69 Å². The zero-order chi connectivity index (χ0) is 22.8. The molecule has 0 saturated carbocycles. The maximum absolute atomic E-state index is 13.0. The lowest BCUT2D eigenvalue weighted by Crippen LogP contribution is -2.28. The van der Waals surface area contributed by atoms with E-state index in [4.69, 9.17) is 9.26 Å². The maximum Gasteiger partial charge on any atom is 0.253 e. The van der Waals surface area contributed by atoms with Gasteiger partial charge in [-0.05, 0) is 81.8 Å². The summed E-state index contributed by atoms with van der Waals surface area (Å²) >= 11 is 0. The Labute approximate surface area is 194 Å². The molecule has 2 fully saturated rings. The van der Waals surface area contributed by atoms with Crippen molar-refractivity contribution < 1.29 is 14.1 Å². The molecule has 1 atom stereocenters. The van der Waals surface area contributed by atoms with Crippen molar-refractivity contribution in [3.63, 3.8) is 0 Å². The topological polar surface area (TPSA) is 73.4 Å². The number of carbonyl (C=O) groups is 1. The van der Waals surface area contributed by atoms with Gasteiger partial charge in [-0.3, -0.25) is 4.79 Å². The molecule has 0 spiro atoms. The highest BCUT2D eigenvalue weighted by Crippen LogP contribution is 2.27. The molecule has 3 aromatic rings. The van der Waals surface area contributed by atoms with E-state index in [1.54, 1.807) is 0 Å². The fourth-order valence-corrected chi connectivity index (χ4v) is 5.08. The Morgan fingerprint density at radius 3 is 2.48 bits per heavy atom. The van der Waals surface area contributed by atoms with Gasteiger partial charge in [0.05, 0.1) is 0 Å². The molecule has 1 aromatic carbocycles. The van der Waals surface area contributed by atoms with Crippen molar-refractivity contribution in [2.24, 2.45) is 5.92 Å². The molecule has 2 saturated heterocycles. The lowest BCUT2D eigenvalue weighted by Gasteiger charge is -2.18. The Bertz CT molecular complexity index is 1080. The van der Waals surface area contributed by atoms with Gasteiger partial charge in [-0.15, -0.1) is 0 Å². The fourth-order valence-electron chi connectivity index (χ4n) is 5.08. The van der Waals surface area contributed by atoms with Crippen LogP contribution in [0.1, 0.15) is 65.1 Å². The molecule has 0 N–H and O–H groups in total. The monoisotopic (exact) mass is 448 g/mol. The van der Waals surface area contributed by atoms with Gasteiger partial charge in [0.2, 0.25) is 5.89 Å². The van der Waals surface area contributed by atoms with Crippen molar-refractivity contribution in [3.8, 4) is 5.69 Å². The Morgan fingerprint density at radius 1 is 1.03 bits per heavy atom. The Balaban J connectivity index is 1.14. The van der Waals surface area contributed by atoms with E-state index in [-0.39, 0.29) is 5.91 Å². The van der Waals surface area contributed by atoms with E-state index in [2.05, 4.69) is 40.7 Å². The van der Waals surface area contributed by atoms with E-state index < -0.39 is 0 Å². The van der Waals surface area contributed by atoms with E-state index in [1.807, 2.05) is 29.2 Å². The van der Waals surface area contributed by atoms with Crippen LogP contribution in [-0.4, -0.2) is 51.8 Å². The predicted octanol–water partition coefficient (Wildman–Crippen LogP) is 4.47. The van der Waals surface area contributed by atoms with Gasteiger partial charge in [-0.2, -0.15) is 4.98 Å². The second-order valence-corrected chi connectivity index (χ2v) is 9.38. The number of ether oxygens (including phenoxy) is 1. The molecule has 5 rings (SSSR count). The van der Waals surface area contributed by atoms with Crippen LogP contribution in [0.4, 0.5) is 0 Å². The minimum Gasteiger partial charge on any atom is -0.381 e. The summed E-state index contributed by atoms with van der Waals surface area (Å²) in [4.78, 5) is 19.7. The van der Waals surface area contributed by atoms with Gasteiger partial charge in [-0.1, -0.05) is 5.16 Å². The van der Waals surface area contributed by atoms with Gasteiger partial charge in [0.15, 0.2) is 5.82 Å². The normalized spacial score (nSPS) is 19.3. The van der Waals surface area contributed by atoms with Crippen molar-refractivity contribution in [1.82, 2.24) is 19.6 Å². The third-order valence-electron chi connectivity index (χ3n) is 7.05. The largest absolute Gasteiger partial charge is 0.381 e. The number of amides is 1. The molecule has 7 heteroatoms. The summed E-state index contributed by atoms with van der Waals surface area (Å²) in [6.45, 7) is 7.32. The molecule has 0 bridgehead atoms. The van der Waals surface area contributed by atoms with Gasteiger partial charge in [0.1, 0.15) is 0 Å². The van der Waals surface area contributed by atoms with Crippen LogP contribution in [0.2, 0.25) is 0 Å². The molecule has 2 aromatic heterocycles. The number of hydrogen-bond donors (Lipinski definition) is 0. The van der Waals surface area contributed by atoms with Gasteiger partial charge in [0.25, 0.3) is 5.91 Å². The molecule has 33 heavy (non-hydrogen) atoms.